The average Bonchev–Trinajstić information content (AvgIpc) is 2.28. The molecule has 0 aliphatic carbocycles. The zero-order chi connectivity index (χ0) is 8.39. The van der Waals surface area contributed by atoms with Gasteiger partial charge in [-0.1, -0.05) is 0 Å². The van der Waals surface area contributed by atoms with E-state index in [2.05, 4.69) is 10.3 Å². The summed E-state index contributed by atoms with van der Waals surface area (Å²) in [5.41, 5.74) is 6.59. The van der Waals surface area contributed by atoms with Gasteiger partial charge in [-0.05, 0) is 12.1 Å². The molecule has 4 heteroatoms. The Morgan fingerprint density at radius 3 is 3.33 bits per heavy atom. The third kappa shape index (κ3) is 1.33. The molecule has 2 heterocycles. The van der Waals surface area contributed by atoms with Crippen molar-refractivity contribution in [2.24, 2.45) is 0 Å². The highest BCUT2D eigenvalue weighted by atomic mass is 16.5. The number of anilines is 1. The standard InChI is InChI=1S/C8H11N3O/c9-7-2-1-6-5-10-3-4-12-8(6)11-7/h1-2,10H,3-5H2,(H2,9,11). The van der Waals surface area contributed by atoms with Crippen molar-refractivity contribution in [3.63, 3.8) is 0 Å². The quantitative estimate of drug-likeness (QED) is 0.574. The van der Waals surface area contributed by atoms with Gasteiger partial charge in [-0.25, -0.2) is 0 Å². The Bertz CT molecular complexity index is 288. The molecule has 3 N–H and O–H groups in total. The molecule has 1 aromatic rings. The third-order valence-corrected chi connectivity index (χ3v) is 1.79. The van der Waals surface area contributed by atoms with Crippen molar-refractivity contribution in [3.8, 4) is 5.88 Å². The first kappa shape index (κ1) is 7.36. The SMILES string of the molecule is Nc1ccc2c(n1)OCCNC2. The minimum atomic E-state index is 0.510. The Hall–Kier alpha value is -1.29. The van der Waals surface area contributed by atoms with Crippen LogP contribution in [0.1, 0.15) is 5.56 Å². The number of nitrogens with one attached hydrogen (secondary N) is 1. The predicted octanol–water partition coefficient (Wildman–Crippen LogP) is 0.146. The van der Waals surface area contributed by atoms with Crippen LogP contribution in [0.4, 0.5) is 5.82 Å². The Kier molecular flexibility index (Phi) is 1.83. The monoisotopic (exact) mass is 165 g/mol. The second-order valence-corrected chi connectivity index (χ2v) is 2.73. The highest BCUT2D eigenvalue weighted by molar-refractivity contribution is 5.37. The minimum absolute atomic E-state index is 0.510. The fourth-order valence-electron chi connectivity index (χ4n) is 1.19. The highest BCUT2D eigenvalue weighted by Gasteiger charge is 2.08. The summed E-state index contributed by atoms with van der Waals surface area (Å²) in [6.45, 7) is 2.32. The molecule has 0 spiro atoms. The van der Waals surface area contributed by atoms with Crippen molar-refractivity contribution in [2.45, 2.75) is 6.54 Å². The summed E-state index contributed by atoms with van der Waals surface area (Å²) in [5, 5.41) is 3.22. The van der Waals surface area contributed by atoms with Gasteiger partial charge in [0.15, 0.2) is 0 Å². The van der Waals surface area contributed by atoms with Gasteiger partial charge in [0, 0.05) is 18.7 Å². The average molecular weight is 165 g/mol. The van der Waals surface area contributed by atoms with Crippen LogP contribution in [0.25, 0.3) is 0 Å². The van der Waals surface area contributed by atoms with E-state index in [1.807, 2.05) is 6.07 Å². The number of rotatable bonds is 0. The number of nitrogens with zero attached hydrogens (tertiary/aromatic N) is 1. The molecule has 0 saturated carbocycles. The number of pyridine rings is 1. The lowest BCUT2D eigenvalue weighted by atomic mass is 10.2. The number of fused-ring (bicyclic) bond motifs is 1. The van der Waals surface area contributed by atoms with Crippen LogP contribution in [0.5, 0.6) is 5.88 Å². The van der Waals surface area contributed by atoms with Gasteiger partial charge in [-0.15, -0.1) is 0 Å². The Morgan fingerprint density at radius 1 is 1.50 bits per heavy atom. The van der Waals surface area contributed by atoms with Crippen LogP contribution in [0.2, 0.25) is 0 Å². The van der Waals surface area contributed by atoms with Crippen LogP contribution in [-0.4, -0.2) is 18.1 Å². The lowest BCUT2D eigenvalue weighted by molar-refractivity contribution is 0.314. The first-order valence-corrected chi connectivity index (χ1v) is 3.95. The van der Waals surface area contributed by atoms with Crippen molar-refractivity contribution in [1.82, 2.24) is 10.3 Å². The van der Waals surface area contributed by atoms with E-state index in [9.17, 15) is 0 Å². The zero-order valence-corrected chi connectivity index (χ0v) is 6.71. The molecule has 0 aromatic carbocycles. The fourth-order valence-corrected chi connectivity index (χ4v) is 1.19. The van der Waals surface area contributed by atoms with Crippen molar-refractivity contribution < 1.29 is 4.74 Å². The maximum absolute atomic E-state index is 5.52. The molecule has 12 heavy (non-hydrogen) atoms. The minimum Gasteiger partial charge on any atom is -0.476 e. The highest BCUT2D eigenvalue weighted by Crippen LogP contribution is 2.18. The van der Waals surface area contributed by atoms with Crippen LogP contribution >= 0.6 is 0 Å². The van der Waals surface area contributed by atoms with E-state index in [0.29, 0.717) is 18.3 Å². The topological polar surface area (TPSA) is 60.2 Å². The van der Waals surface area contributed by atoms with E-state index in [1.165, 1.54) is 0 Å². The van der Waals surface area contributed by atoms with E-state index in [4.69, 9.17) is 10.5 Å². The number of hydrogen-bond donors (Lipinski definition) is 2. The van der Waals surface area contributed by atoms with Crippen molar-refractivity contribution >= 4 is 5.82 Å². The van der Waals surface area contributed by atoms with Gasteiger partial charge >= 0.3 is 0 Å². The lowest BCUT2D eigenvalue weighted by Gasteiger charge is -2.04. The second-order valence-electron chi connectivity index (χ2n) is 2.73. The number of hydrogen-bond acceptors (Lipinski definition) is 4. The van der Waals surface area contributed by atoms with Gasteiger partial charge in [0.1, 0.15) is 12.4 Å². The molecule has 0 unspecified atom stereocenters. The number of nitrogen functional groups attached to an aromatic ring is 1. The summed E-state index contributed by atoms with van der Waals surface area (Å²) < 4.78 is 5.38. The van der Waals surface area contributed by atoms with Crippen molar-refractivity contribution in [2.75, 3.05) is 18.9 Å². The maximum atomic E-state index is 5.52. The molecule has 1 aliphatic rings. The van der Waals surface area contributed by atoms with E-state index < -0.39 is 0 Å². The number of nitrogens with two attached hydrogens (primary N) is 1. The van der Waals surface area contributed by atoms with Gasteiger partial charge in [0.05, 0.1) is 0 Å². The van der Waals surface area contributed by atoms with E-state index in [1.54, 1.807) is 6.07 Å². The molecule has 0 bridgehead atoms. The normalized spacial score (nSPS) is 16.0. The Balaban J connectivity index is 2.36. The predicted molar refractivity (Wildman–Crippen MR) is 45.9 cm³/mol. The van der Waals surface area contributed by atoms with Crippen LogP contribution in [-0.2, 0) is 6.54 Å². The molecular formula is C8H11N3O. The lowest BCUT2D eigenvalue weighted by Crippen LogP contribution is -2.16. The molecule has 4 nitrogen and oxygen atoms in total. The van der Waals surface area contributed by atoms with E-state index >= 15 is 0 Å². The van der Waals surface area contributed by atoms with Gasteiger partial charge < -0.3 is 15.8 Å². The zero-order valence-electron chi connectivity index (χ0n) is 6.71. The maximum Gasteiger partial charge on any atom is 0.219 e. The fraction of sp³-hybridized carbons (Fsp3) is 0.375. The Morgan fingerprint density at radius 2 is 2.42 bits per heavy atom. The summed E-state index contributed by atoms with van der Waals surface area (Å²) in [4.78, 5) is 4.09. The molecule has 0 fully saturated rings. The number of ether oxygens (including phenoxy) is 1. The van der Waals surface area contributed by atoms with Crippen LogP contribution < -0.4 is 15.8 Å². The molecule has 1 aromatic heterocycles. The summed E-state index contributed by atoms with van der Waals surface area (Å²) in [6, 6.07) is 3.73. The molecule has 0 saturated heterocycles. The molecule has 1 aliphatic heterocycles. The van der Waals surface area contributed by atoms with Crippen LogP contribution in [0.3, 0.4) is 0 Å². The van der Waals surface area contributed by atoms with Gasteiger partial charge in [-0.2, -0.15) is 4.98 Å². The largest absolute Gasteiger partial charge is 0.476 e. The molecule has 64 valence electrons. The summed E-state index contributed by atoms with van der Waals surface area (Å²) in [5.74, 6) is 1.18. The molecular weight excluding hydrogens is 154 g/mol. The first-order chi connectivity index (χ1) is 5.86. The van der Waals surface area contributed by atoms with Crippen LogP contribution in [0.15, 0.2) is 12.1 Å². The Labute approximate surface area is 70.7 Å². The first-order valence-electron chi connectivity index (χ1n) is 3.95. The number of aromatic nitrogens is 1. The van der Waals surface area contributed by atoms with Gasteiger partial charge in [0.25, 0.3) is 0 Å². The van der Waals surface area contributed by atoms with Crippen LogP contribution in [0, 0.1) is 0 Å². The van der Waals surface area contributed by atoms with E-state index in [0.717, 1.165) is 18.7 Å². The molecule has 0 atom stereocenters. The summed E-state index contributed by atoms with van der Waals surface area (Å²) in [7, 11) is 0. The smallest absolute Gasteiger partial charge is 0.219 e. The van der Waals surface area contributed by atoms with Gasteiger partial charge in [0.2, 0.25) is 5.88 Å². The third-order valence-electron chi connectivity index (χ3n) is 1.79. The summed E-state index contributed by atoms with van der Waals surface area (Å²) >= 11 is 0. The second kappa shape index (κ2) is 2.98. The van der Waals surface area contributed by atoms with Crippen molar-refractivity contribution in [3.05, 3.63) is 17.7 Å². The summed E-state index contributed by atoms with van der Waals surface area (Å²) in [6.07, 6.45) is 0. The van der Waals surface area contributed by atoms with Crippen molar-refractivity contribution in [1.29, 1.82) is 0 Å². The molecule has 0 amide bonds. The molecule has 0 radical (unpaired) electrons. The molecule has 2 rings (SSSR count). The van der Waals surface area contributed by atoms with E-state index in [-0.39, 0.29) is 0 Å². The van der Waals surface area contributed by atoms with Gasteiger partial charge in [-0.3, -0.25) is 0 Å².